The van der Waals surface area contributed by atoms with Gasteiger partial charge in [-0.15, -0.1) is 0 Å². The summed E-state index contributed by atoms with van der Waals surface area (Å²) in [5, 5.41) is 0. The number of nitrogens with two attached hydrogens (primary N) is 1. The lowest BCUT2D eigenvalue weighted by Gasteiger charge is -2.13. The number of rotatable bonds is 4. The average Bonchev–Trinajstić information content (AvgIpc) is 2.29. The Balaban J connectivity index is 3.34. The summed E-state index contributed by atoms with van der Waals surface area (Å²) in [6, 6.07) is 1.70. The Morgan fingerprint density at radius 2 is 1.94 bits per heavy atom. The van der Waals surface area contributed by atoms with Crippen LogP contribution in [0.25, 0.3) is 6.08 Å². The van der Waals surface area contributed by atoms with Gasteiger partial charge in [0.25, 0.3) is 0 Å². The van der Waals surface area contributed by atoms with Crippen molar-refractivity contribution in [2.45, 2.75) is 6.92 Å². The molecule has 0 bridgehead atoms. The lowest BCUT2D eigenvalue weighted by molar-refractivity contribution is 0.335. The van der Waals surface area contributed by atoms with Gasteiger partial charge in [-0.25, -0.2) is 4.39 Å². The van der Waals surface area contributed by atoms with Gasteiger partial charge in [-0.05, 0) is 18.6 Å². The molecule has 0 fully saturated rings. The second kappa shape index (κ2) is 5.51. The SMILES string of the molecule is COc1c(C)cc(/C=C/CN)c(F)c1OC. The fourth-order valence-corrected chi connectivity index (χ4v) is 1.52. The van der Waals surface area contributed by atoms with E-state index < -0.39 is 5.82 Å². The topological polar surface area (TPSA) is 44.5 Å². The third kappa shape index (κ3) is 2.33. The molecule has 0 aromatic heterocycles. The maximum atomic E-state index is 13.9. The van der Waals surface area contributed by atoms with E-state index in [1.54, 1.807) is 18.2 Å². The molecular weight excluding hydrogens is 209 g/mol. The molecule has 0 saturated heterocycles. The number of hydrogen-bond acceptors (Lipinski definition) is 3. The Morgan fingerprint density at radius 3 is 2.44 bits per heavy atom. The summed E-state index contributed by atoms with van der Waals surface area (Å²) in [6.45, 7) is 2.20. The summed E-state index contributed by atoms with van der Waals surface area (Å²) in [6.07, 6.45) is 3.31. The van der Waals surface area contributed by atoms with Crippen LogP contribution in [0.1, 0.15) is 11.1 Å². The molecule has 16 heavy (non-hydrogen) atoms. The van der Waals surface area contributed by atoms with Gasteiger partial charge in [0.1, 0.15) is 0 Å². The molecule has 4 heteroatoms. The number of aryl methyl sites for hydroxylation is 1. The molecule has 2 N–H and O–H groups in total. The third-order valence-electron chi connectivity index (χ3n) is 2.23. The zero-order valence-corrected chi connectivity index (χ0v) is 9.71. The summed E-state index contributed by atoms with van der Waals surface area (Å²) in [7, 11) is 2.90. The van der Waals surface area contributed by atoms with Crippen LogP contribution < -0.4 is 15.2 Å². The van der Waals surface area contributed by atoms with E-state index in [0.717, 1.165) is 5.56 Å². The fraction of sp³-hybridized carbons (Fsp3) is 0.333. The van der Waals surface area contributed by atoms with Crippen molar-refractivity contribution in [1.82, 2.24) is 0 Å². The van der Waals surface area contributed by atoms with Crippen molar-refractivity contribution in [3.63, 3.8) is 0 Å². The number of benzene rings is 1. The van der Waals surface area contributed by atoms with Crippen molar-refractivity contribution in [3.8, 4) is 11.5 Å². The first kappa shape index (κ1) is 12.5. The maximum absolute atomic E-state index is 13.9. The Bertz CT molecular complexity index is 402. The van der Waals surface area contributed by atoms with Crippen molar-refractivity contribution >= 4 is 6.08 Å². The number of ether oxygens (including phenoxy) is 2. The molecular formula is C12H16FNO2. The van der Waals surface area contributed by atoms with Crippen LogP contribution >= 0.6 is 0 Å². The number of halogens is 1. The molecule has 0 aliphatic carbocycles. The monoisotopic (exact) mass is 225 g/mol. The van der Waals surface area contributed by atoms with Crippen molar-refractivity contribution in [2.24, 2.45) is 5.73 Å². The number of methoxy groups -OCH3 is 2. The largest absolute Gasteiger partial charge is 0.492 e. The summed E-state index contributed by atoms with van der Waals surface area (Å²) in [4.78, 5) is 0. The first-order chi connectivity index (χ1) is 7.65. The van der Waals surface area contributed by atoms with Crippen LogP contribution in [0.5, 0.6) is 11.5 Å². The lowest BCUT2D eigenvalue weighted by Crippen LogP contribution is -1.99. The Labute approximate surface area is 94.7 Å². The molecule has 0 amide bonds. The van der Waals surface area contributed by atoms with Gasteiger partial charge in [0.2, 0.25) is 0 Å². The lowest BCUT2D eigenvalue weighted by atomic mass is 10.1. The second-order valence-corrected chi connectivity index (χ2v) is 3.30. The smallest absolute Gasteiger partial charge is 0.197 e. The van der Waals surface area contributed by atoms with Crippen LogP contribution in [-0.2, 0) is 0 Å². The minimum Gasteiger partial charge on any atom is -0.492 e. The van der Waals surface area contributed by atoms with Gasteiger partial charge in [0.05, 0.1) is 14.2 Å². The highest BCUT2D eigenvalue weighted by atomic mass is 19.1. The zero-order valence-electron chi connectivity index (χ0n) is 9.71. The molecule has 88 valence electrons. The van der Waals surface area contributed by atoms with Crippen LogP contribution in [0.2, 0.25) is 0 Å². The zero-order chi connectivity index (χ0) is 12.1. The minimum absolute atomic E-state index is 0.124. The predicted octanol–water partition coefficient (Wildman–Crippen LogP) is 2.12. The average molecular weight is 225 g/mol. The molecule has 1 aromatic rings. The molecule has 0 heterocycles. The van der Waals surface area contributed by atoms with Crippen molar-refractivity contribution < 1.29 is 13.9 Å². The Hall–Kier alpha value is -1.55. The van der Waals surface area contributed by atoms with E-state index in [1.165, 1.54) is 14.2 Å². The van der Waals surface area contributed by atoms with E-state index in [1.807, 2.05) is 6.92 Å². The van der Waals surface area contributed by atoms with E-state index in [4.69, 9.17) is 15.2 Å². The molecule has 0 unspecified atom stereocenters. The van der Waals surface area contributed by atoms with E-state index in [-0.39, 0.29) is 5.75 Å². The van der Waals surface area contributed by atoms with Gasteiger partial charge >= 0.3 is 0 Å². The quantitative estimate of drug-likeness (QED) is 0.853. The van der Waals surface area contributed by atoms with Crippen LogP contribution in [0.4, 0.5) is 4.39 Å². The van der Waals surface area contributed by atoms with Crippen molar-refractivity contribution in [2.75, 3.05) is 20.8 Å². The molecule has 0 aliphatic rings. The number of hydrogen-bond donors (Lipinski definition) is 1. The Morgan fingerprint density at radius 1 is 1.31 bits per heavy atom. The third-order valence-corrected chi connectivity index (χ3v) is 2.23. The molecule has 0 saturated carbocycles. The fourth-order valence-electron chi connectivity index (χ4n) is 1.52. The van der Waals surface area contributed by atoms with Crippen molar-refractivity contribution in [1.29, 1.82) is 0 Å². The normalized spacial score (nSPS) is 10.8. The van der Waals surface area contributed by atoms with Gasteiger partial charge in [-0.2, -0.15) is 0 Å². The van der Waals surface area contributed by atoms with Crippen LogP contribution in [0.15, 0.2) is 12.1 Å². The van der Waals surface area contributed by atoms with E-state index in [9.17, 15) is 4.39 Å². The van der Waals surface area contributed by atoms with Crippen LogP contribution in [0, 0.1) is 12.7 Å². The van der Waals surface area contributed by atoms with Gasteiger partial charge in [-0.1, -0.05) is 12.2 Å². The van der Waals surface area contributed by atoms with Gasteiger partial charge in [0, 0.05) is 12.1 Å². The molecule has 0 spiro atoms. The molecule has 1 rings (SSSR count). The van der Waals surface area contributed by atoms with E-state index in [2.05, 4.69) is 0 Å². The first-order valence-corrected chi connectivity index (χ1v) is 4.93. The molecule has 0 radical (unpaired) electrons. The Kier molecular flexibility index (Phi) is 4.31. The summed E-state index contributed by atoms with van der Waals surface area (Å²) >= 11 is 0. The summed E-state index contributed by atoms with van der Waals surface area (Å²) < 4.78 is 24.0. The first-order valence-electron chi connectivity index (χ1n) is 4.93. The highest BCUT2D eigenvalue weighted by Gasteiger charge is 2.16. The predicted molar refractivity (Wildman–Crippen MR) is 62.3 cm³/mol. The van der Waals surface area contributed by atoms with Crippen LogP contribution in [-0.4, -0.2) is 20.8 Å². The molecule has 0 atom stereocenters. The standard InChI is InChI=1S/C12H16FNO2/c1-8-7-9(5-4-6-14)10(13)12(16-3)11(8)15-2/h4-5,7H,6,14H2,1-3H3/b5-4+. The highest BCUT2D eigenvalue weighted by Crippen LogP contribution is 2.35. The second-order valence-electron chi connectivity index (χ2n) is 3.30. The minimum atomic E-state index is -0.436. The van der Waals surface area contributed by atoms with Gasteiger partial charge < -0.3 is 15.2 Å². The molecule has 3 nitrogen and oxygen atoms in total. The van der Waals surface area contributed by atoms with E-state index in [0.29, 0.717) is 17.9 Å². The maximum Gasteiger partial charge on any atom is 0.197 e. The van der Waals surface area contributed by atoms with Gasteiger partial charge in [-0.3, -0.25) is 0 Å². The molecule has 1 aromatic carbocycles. The van der Waals surface area contributed by atoms with Crippen LogP contribution in [0.3, 0.4) is 0 Å². The van der Waals surface area contributed by atoms with E-state index >= 15 is 0 Å². The van der Waals surface area contributed by atoms with Crippen molar-refractivity contribution in [3.05, 3.63) is 29.1 Å². The van der Waals surface area contributed by atoms with Gasteiger partial charge in [0.15, 0.2) is 17.3 Å². The summed E-state index contributed by atoms with van der Waals surface area (Å²) in [5.41, 5.74) is 6.59. The summed E-state index contributed by atoms with van der Waals surface area (Å²) in [5.74, 6) is 0.110. The molecule has 0 aliphatic heterocycles. The highest BCUT2D eigenvalue weighted by molar-refractivity contribution is 5.60.